The van der Waals surface area contributed by atoms with Gasteiger partial charge in [-0.2, -0.15) is 23.4 Å². The minimum Gasteiger partial charge on any atom is -0.338 e. The number of alkyl halides is 3. The molecule has 0 radical (unpaired) electrons. The van der Waals surface area contributed by atoms with E-state index in [0.717, 1.165) is 30.4 Å². The van der Waals surface area contributed by atoms with E-state index in [1.54, 1.807) is 6.92 Å². The molecular weight excluding hydrogens is 481 g/mol. The maximum Gasteiger partial charge on any atom is 0.408 e. The van der Waals surface area contributed by atoms with Gasteiger partial charge in [0.2, 0.25) is 5.91 Å². The maximum absolute atomic E-state index is 13.4. The van der Waals surface area contributed by atoms with Gasteiger partial charge in [0.15, 0.2) is 5.69 Å². The molecule has 0 bridgehead atoms. The van der Waals surface area contributed by atoms with Crippen LogP contribution in [0.5, 0.6) is 0 Å². The van der Waals surface area contributed by atoms with E-state index in [1.165, 1.54) is 29.3 Å². The Morgan fingerprint density at radius 2 is 1.89 bits per heavy atom. The summed E-state index contributed by atoms with van der Waals surface area (Å²) in [5.74, 6) is -0.193. The molecule has 14 heteroatoms. The number of rotatable bonds is 10. The van der Waals surface area contributed by atoms with Gasteiger partial charge in [-0.15, -0.1) is 0 Å². The highest BCUT2D eigenvalue weighted by atomic mass is 19.4. The Hall–Kier alpha value is -3.71. The summed E-state index contributed by atoms with van der Waals surface area (Å²) in [4.78, 5) is 26.2. The van der Waals surface area contributed by atoms with Gasteiger partial charge in [0.1, 0.15) is 18.3 Å². The summed E-state index contributed by atoms with van der Waals surface area (Å²) in [6.45, 7) is 0.429. The fourth-order valence-electron chi connectivity index (χ4n) is 4.58. The molecule has 11 nitrogen and oxygen atoms in total. The number of hydrogen-bond donors (Lipinski definition) is 2. The Morgan fingerprint density at radius 1 is 1.17 bits per heavy atom. The molecule has 5 rings (SSSR count). The van der Waals surface area contributed by atoms with Crippen molar-refractivity contribution < 1.29 is 27.4 Å². The molecule has 2 N–H and O–H groups in total. The number of aromatic nitrogens is 6. The Kier molecular flexibility index (Phi) is 6.26. The zero-order valence-corrected chi connectivity index (χ0v) is 19.4. The van der Waals surface area contributed by atoms with E-state index in [-0.39, 0.29) is 24.1 Å². The van der Waals surface area contributed by atoms with Crippen LogP contribution in [0.4, 0.5) is 18.9 Å². The highest BCUT2D eigenvalue weighted by Gasteiger charge is 2.48. The number of anilines is 1. The second-order valence-electron chi connectivity index (χ2n) is 9.41. The largest absolute Gasteiger partial charge is 0.408 e. The van der Waals surface area contributed by atoms with Crippen LogP contribution in [0.2, 0.25) is 0 Å². The fraction of sp³-hybridized carbons (Fsp3) is 0.545. The second kappa shape index (κ2) is 9.39. The summed E-state index contributed by atoms with van der Waals surface area (Å²) in [6.07, 6.45) is 3.87. The van der Waals surface area contributed by atoms with Crippen LogP contribution in [0.15, 0.2) is 29.3 Å². The van der Waals surface area contributed by atoms with Crippen LogP contribution in [0.3, 0.4) is 0 Å². The Labute approximate surface area is 203 Å². The van der Waals surface area contributed by atoms with Crippen molar-refractivity contribution in [3.63, 3.8) is 0 Å². The average molecular weight is 506 g/mol. The van der Waals surface area contributed by atoms with Gasteiger partial charge in [0.05, 0.1) is 24.1 Å². The molecule has 2 aliphatic rings. The molecule has 2 fully saturated rings. The molecular formula is C22H25F3N8O3. The van der Waals surface area contributed by atoms with Gasteiger partial charge in [0.25, 0.3) is 5.91 Å². The van der Waals surface area contributed by atoms with Crippen LogP contribution in [-0.2, 0) is 17.9 Å². The highest BCUT2D eigenvalue weighted by Crippen LogP contribution is 2.50. The summed E-state index contributed by atoms with van der Waals surface area (Å²) in [5.41, 5.74) is 1.04. The lowest BCUT2D eigenvalue weighted by molar-refractivity contribution is -0.143. The zero-order valence-electron chi connectivity index (χ0n) is 19.4. The molecule has 0 unspecified atom stereocenters. The van der Waals surface area contributed by atoms with Gasteiger partial charge in [-0.05, 0) is 61.6 Å². The molecule has 36 heavy (non-hydrogen) atoms. The summed E-state index contributed by atoms with van der Waals surface area (Å²) < 4.78 is 45.2. The van der Waals surface area contributed by atoms with Crippen molar-refractivity contribution in [2.75, 3.05) is 5.32 Å². The number of halogens is 3. The van der Waals surface area contributed by atoms with Crippen molar-refractivity contribution in [2.24, 2.45) is 17.8 Å². The summed E-state index contributed by atoms with van der Waals surface area (Å²) in [7, 11) is 0. The third kappa shape index (κ3) is 5.57. The second-order valence-corrected chi connectivity index (χ2v) is 9.41. The molecule has 3 heterocycles. The molecule has 2 aliphatic carbocycles. The molecule has 0 aromatic carbocycles. The SMILES string of the molecule is Cc1nonc1C(=O)N[C@H](C(=O)Nc1cnn(Cc2ccnn2CC(F)(F)F)c1)C(C1CC1)C1CC1. The van der Waals surface area contributed by atoms with Crippen LogP contribution < -0.4 is 10.6 Å². The normalized spacial score (nSPS) is 16.8. The van der Waals surface area contributed by atoms with Crippen LogP contribution in [0.1, 0.15) is 47.6 Å². The van der Waals surface area contributed by atoms with Crippen molar-refractivity contribution in [1.82, 2.24) is 35.2 Å². The molecule has 192 valence electrons. The van der Waals surface area contributed by atoms with Gasteiger partial charge in [0, 0.05) is 12.4 Å². The minimum atomic E-state index is -4.40. The number of nitrogens with zero attached hydrogens (tertiary/aromatic N) is 6. The number of hydrogen-bond acceptors (Lipinski definition) is 7. The Balaban J connectivity index is 1.29. The lowest BCUT2D eigenvalue weighted by Crippen LogP contribution is -2.50. The molecule has 1 atom stereocenters. The number of nitrogens with one attached hydrogen (secondary N) is 2. The van der Waals surface area contributed by atoms with E-state index < -0.39 is 24.7 Å². The van der Waals surface area contributed by atoms with Crippen molar-refractivity contribution in [2.45, 2.75) is 57.9 Å². The van der Waals surface area contributed by atoms with Gasteiger partial charge in [-0.1, -0.05) is 5.16 Å². The predicted molar refractivity (Wildman–Crippen MR) is 117 cm³/mol. The van der Waals surface area contributed by atoms with Crippen LogP contribution >= 0.6 is 0 Å². The van der Waals surface area contributed by atoms with E-state index >= 15 is 0 Å². The molecule has 0 aliphatic heterocycles. The predicted octanol–water partition coefficient (Wildman–Crippen LogP) is 2.55. The van der Waals surface area contributed by atoms with Crippen molar-refractivity contribution >= 4 is 17.5 Å². The quantitative estimate of drug-likeness (QED) is 0.432. The molecule has 0 saturated heterocycles. The summed E-state index contributed by atoms with van der Waals surface area (Å²) >= 11 is 0. The van der Waals surface area contributed by atoms with Crippen molar-refractivity contribution in [3.8, 4) is 0 Å². The van der Waals surface area contributed by atoms with Gasteiger partial charge in [-0.25, -0.2) is 4.63 Å². The van der Waals surface area contributed by atoms with E-state index in [9.17, 15) is 22.8 Å². The monoisotopic (exact) mass is 506 g/mol. The lowest BCUT2D eigenvalue weighted by Gasteiger charge is -2.27. The van der Waals surface area contributed by atoms with Crippen LogP contribution in [0.25, 0.3) is 0 Å². The van der Waals surface area contributed by atoms with Gasteiger partial charge in [-0.3, -0.25) is 19.0 Å². The van der Waals surface area contributed by atoms with Crippen LogP contribution in [0, 0.1) is 24.7 Å². The van der Waals surface area contributed by atoms with E-state index in [1.807, 2.05) is 0 Å². The first-order chi connectivity index (χ1) is 17.2. The third-order valence-electron chi connectivity index (χ3n) is 6.51. The third-order valence-corrected chi connectivity index (χ3v) is 6.51. The average Bonchev–Trinajstić information content (AvgIpc) is 3.70. The molecule has 3 aromatic heterocycles. The first-order valence-electron chi connectivity index (χ1n) is 11.7. The van der Waals surface area contributed by atoms with E-state index in [2.05, 4.69) is 35.8 Å². The maximum atomic E-state index is 13.4. The first kappa shape index (κ1) is 24.0. The van der Waals surface area contributed by atoms with Crippen molar-refractivity contribution in [1.29, 1.82) is 0 Å². The van der Waals surface area contributed by atoms with E-state index in [4.69, 9.17) is 0 Å². The highest BCUT2D eigenvalue weighted by molar-refractivity contribution is 6.00. The number of aryl methyl sites for hydroxylation is 1. The lowest BCUT2D eigenvalue weighted by atomic mass is 9.88. The molecule has 2 saturated carbocycles. The number of carbonyl (C=O) groups excluding carboxylic acids is 2. The molecule has 0 spiro atoms. The Morgan fingerprint density at radius 3 is 2.50 bits per heavy atom. The van der Waals surface area contributed by atoms with Crippen molar-refractivity contribution in [3.05, 3.63) is 41.7 Å². The summed E-state index contributed by atoms with van der Waals surface area (Å²) in [5, 5.41) is 20.8. The standard InChI is InChI=1S/C22H25F3N8O3/c1-12-18(31-36-30-12)20(34)29-19(17(13-2-3-13)14-4-5-14)21(35)28-15-8-27-32(9-15)10-16-6-7-26-33(16)11-22(23,24)25/h6-9,13-14,17,19H,2-5,10-11H2,1H3,(H,28,35)(H,29,34)/t19-/m0/s1. The van der Waals surface area contributed by atoms with Gasteiger partial charge >= 0.3 is 6.18 Å². The number of carbonyl (C=O) groups is 2. The smallest absolute Gasteiger partial charge is 0.338 e. The van der Waals surface area contributed by atoms with E-state index in [0.29, 0.717) is 28.9 Å². The van der Waals surface area contributed by atoms with Crippen LogP contribution in [-0.4, -0.2) is 53.9 Å². The molecule has 3 aromatic rings. The minimum absolute atomic E-state index is 0.000816. The Bertz CT molecular complexity index is 1230. The zero-order chi connectivity index (χ0) is 25.4. The van der Waals surface area contributed by atoms with Gasteiger partial charge < -0.3 is 10.6 Å². The molecule has 2 amide bonds. The first-order valence-corrected chi connectivity index (χ1v) is 11.7. The topological polar surface area (TPSA) is 133 Å². The number of amides is 2. The fourth-order valence-corrected chi connectivity index (χ4v) is 4.58. The summed E-state index contributed by atoms with van der Waals surface area (Å²) in [6, 6.07) is 0.693.